The van der Waals surface area contributed by atoms with Gasteiger partial charge in [0.25, 0.3) is 0 Å². The zero-order valence-corrected chi connectivity index (χ0v) is 13.6. The fourth-order valence-corrected chi connectivity index (χ4v) is 2.94. The molecular formula is C14H25NO10. The third-order valence-corrected chi connectivity index (χ3v) is 4.27. The zero-order chi connectivity index (χ0) is 18.7. The molecule has 11 nitrogen and oxygen atoms in total. The van der Waals surface area contributed by atoms with E-state index >= 15 is 0 Å². The summed E-state index contributed by atoms with van der Waals surface area (Å²) in [4.78, 5) is 11.3. The van der Waals surface area contributed by atoms with Crippen LogP contribution in [0.1, 0.15) is 13.3 Å². The van der Waals surface area contributed by atoms with Gasteiger partial charge < -0.3 is 50.2 Å². The van der Waals surface area contributed by atoms with Crippen LogP contribution in [0.4, 0.5) is 0 Å². The Hall–Kier alpha value is -0.890. The molecule has 2 aliphatic rings. The van der Waals surface area contributed by atoms with Crippen molar-refractivity contribution in [3.05, 3.63) is 0 Å². The summed E-state index contributed by atoms with van der Waals surface area (Å²) in [7, 11) is 0. The van der Waals surface area contributed by atoms with E-state index in [4.69, 9.17) is 14.2 Å². The lowest BCUT2D eigenvalue weighted by Crippen LogP contribution is -2.63. The van der Waals surface area contributed by atoms with Gasteiger partial charge in [0, 0.05) is 13.3 Å². The Bertz CT molecular complexity index is 449. The van der Waals surface area contributed by atoms with Crippen molar-refractivity contribution < 1.29 is 49.6 Å². The lowest BCUT2D eigenvalue weighted by molar-refractivity contribution is -0.327. The van der Waals surface area contributed by atoms with E-state index in [2.05, 4.69) is 5.32 Å². The molecule has 0 aromatic carbocycles. The van der Waals surface area contributed by atoms with Gasteiger partial charge in [0.1, 0.15) is 30.5 Å². The number of amides is 1. The number of carbonyl (C=O) groups excluding carboxylic acids is 1. The first-order chi connectivity index (χ1) is 11.8. The Balaban J connectivity index is 2.13. The summed E-state index contributed by atoms with van der Waals surface area (Å²) < 4.78 is 16.0. The van der Waals surface area contributed by atoms with Crippen LogP contribution in [0.2, 0.25) is 0 Å². The quantitative estimate of drug-likeness (QED) is 0.252. The van der Waals surface area contributed by atoms with Crippen LogP contribution in [0.25, 0.3) is 0 Å². The van der Waals surface area contributed by atoms with E-state index in [1.807, 2.05) is 0 Å². The smallest absolute Gasteiger partial charge is 0.217 e. The van der Waals surface area contributed by atoms with Gasteiger partial charge in [0.2, 0.25) is 5.91 Å². The van der Waals surface area contributed by atoms with E-state index in [0.29, 0.717) is 0 Å². The number of ether oxygens (including phenoxy) is 3. The molecule has 7 N–H and O–H groups in total. The molecule has 9 atom stereocenters. The van der Waals surface area contributed by atoms with Crippen LogP contribution in [-0.4, -0.2) is 105 Å². The second-order valence-corrected chi connectivity index (χ2v) is 6.17. The van der Waals surface area contributed by atoms with Gasteiger partial charge in [-0.05, 0) is 0 Å². The molecule has 25 heavy (non-hydrogen) atoms. The Morgan fingerprint density at radius 3 is 2.32 bits per heavy atom. The van der Waals surface area contributed by atoms with E-state index in [-0.39, 0.29) is 6.42 Å². The molecule has 1 amide bonds. The second kappa shape index (κ2) is 8.66. The van der Waals surface area contributed by atoms with Gasteiger partial charge in [-0.15, -0.1) is 0 Å². The summed E-state index contributed by atoms with van der Waals surface area (Å²) in [6.07, 6.45) is -10.4. The van der Waals surface area contributed by atoms with Crippen LogP contribution in [0.3, 0.4) is 0 Å². The summed E-state index contributed by atoms with van der Waals surface area (Å²) in [5.74, 6) is -0.461. The molecule has 0 spiro atoms. The first-order valence-corrected chi connectivity index (χ1v) is 7.96. The van der Waals surface area contributed by atoms with Crippen molar-refractivity contribution >= 4 is 5.91 Å². The Kier molecular flexibility index (Phi) is 7.08. The van der Waals surface area contributed by atoms with Gasteiger partial charge in [-0.25, -0.2) is 0 Å². The predicted molar refractivity (Wildman–Crippen MR) is 78.8 cm³/mol. The molecule has 146 valence electrons. The highest BCUT2D eigenvalue weighted by Gasteiger charge is 2.47. The molecule has 2 fully saturated rings. The van der Waals surface area contributed by atoms with E-state index in [1.54, 1.807) is 0 Å². The van der Waals surface area contributed by atoms with E-state index in [0.717, 1.165) is 0 Å². The van der Waals surface area contributed by atoms with Gasteiger partial charge in [0.05, 0.1) is 25.4 Å². The normalized spacial score (nSPS) is 45.2. The number of carbonyl (C=O) groups is 1. The molecule has 0 aromatic rings. The summed E-state index contributed by atoms with van der Waals surface area (Å²) in [5, 5.41) is 60.5. The molecule has 2 aliphatic heterocycles. The van der Waals surface area contributed by atoms with E-state index in [9.17, 15) is 35.4 Å². The molecule has 0 aliphatic carbocycles. The van der Waals surface area contributed by atoms with Gasteiger partial charge >= 0.3 is 0 Å². The Labute approximate surface area is 143 Å². The van der Waals surface area contributed by atoms with E-state index in [1.165, 1.54) is 6.92 Å². The Morgan fingerprint density at radius 2 is 1.76 bits per heavy atom. The average molecular weight is 367 g/mol. The number of nitrogens with one attached hydrogen (secondary N) is 1. The van der Waals surface area contributed by atoms with Crippen molar-refractivity contribution in [2.75, 3.05) is 13.2 Å². The predicted octanol–water partition coefficient (Wildman–Crippen LogP) is -4.22. The zero-order valence-electron chi connectivity index (χ0n) is 13.6. The minimum atomic E-state index is -1.62. The van der Waals surface area contributed by atoms with Crippen LogP contribution in [0, 0.1) is 0 Å². The molecular weight excluding hydrogens is 342 g/mol. The molecule has 0 bridgehead atoms. The summed E-state index contributed by atoms with van der Waals surface area (Å²) in [5.41, 5.74) is 0. The van der Waals surface area contributed by atoms with Crippen LogP contribution in [-0.2, 0) is 19.0 Å². The lowest BCUT2D eigenvalue weighted by atomic mass is 9.97. The monoisotopic (exact) mass is 367 g/mol. The number of rotatable bonds is 5. The number of aliphatic hydroxyl groups excluding tert-OH is 6. The summed E-state index contributed by atoms with van der Waals surface area (Å²) >= 11 is 0. The molecule has 2 rings (SSSR count). The van der Waals surface area contributed by atoms with E-state index < -0.39 is 74.4 Å². The maximum absolute atomic E-state index is 11.3. The standard InChI is InChI=1S/C14H25NO10/c1-5(18)15-9-7(2-6(3-16)23-13(9)22)24-14-12(21)11(20)10(19)8(4-17)25-14/h6-14,16-17,19-22H,2-4H2,1H3,(H,15,18)/t6-,7-,8+,9+,10-,11-,12+,13+,14+/m0/s1. The molecule has 11 heteroatoms. The second-order valence-electron chi connectivity index (χ2n) is 6.17. The topological polar surface area (TPSA) is 178 Å². The maximum atomic E-state index is 11.3. The molecule has 0 aromatic heterocycles. The van der Waals surface area contributed by atoms with Crippen LogP contribution >= 0.6 is 0 Å². The van der Waals surface area contributed by atoms with Gasteiger partial charge in [-0.1, -0.05) is 0 Å². The highest BCUT2D eigenvalue weighted by molar-refractivity contribution is 5.73. The number of hydrogen-bond donors (Lipinski definition) is 7. The third-order valence-electron chi connectivity index (χ3n) is 4.27. The molecule has 2 heterocycles. The minimum absolute atomic E-state index is 0.0630. The summed E-state index contributed by atoms with van der Waals surface area (Å²) in [6.45, 7) is 0.212. The average Bonchev–Trinajstić information content (AvgIpc) is 2.57. The first kappa shape index (κ1) is 20.4. The maximum Gasteiger partial charge on any atom is 0.217 e. The largest absolute Gasteiger partial charge is 0.394 e. The van der Waals surface area contributed by atoms with Gasteiger partial charge in [-0.3, -0.25) is 4.79 Å². The van der Waals surface area contributed by atoms with Crippen LogP contribution in [0.5, 0.6) is 0 Å². The highest BCUT2D eigenvalue weighted by atomic mass is 16.7. The molecule has 0 radical (unpaired) electrons. The van der Waals surface area contributed by atoms with Crippen molar-refractivity contribution in [1.29, 1.82) is 0 Å². The fourth-order valence-electron chi connectivity index (χ4n) is 2.94. The van der Waals surface area contributed by atoms with Gasteiger partial charge in [-0.2, -0.15) is 0 Å². The number of aliphatic hydroxyl groups is 6. The first-order valence-electron chi connectivity index (χ1n) is 7.96. The van der Waals surface area contributed by atoms with Crippen molar-refractivity contribution in [2.24, 2.45) is 0 Å². The fraction of sp³-hybridized carbons (Fsp3) is 0.929. The van der Waals surface area contributed by atoms with Crippen molar-refractivity contribution in [1.82, 2.24) is 5.32 Å². The van der Waals surface area contributed by atoms with Crippen LogP contribution in [0.15, 0.2) is 0 Å². The lowest BCUT2D eigenvalue weighted by Gasteiger charge is -2.44. The molecule has 0 saturated carbocycles. The number of hydrogen-bond acceptors (Lipinski definition) is 10. The highest BCUT2D eigenvalue weighted by Crippen LogP contribution is 2.28. The SMILES string of the molecule is CC(=O)N[C@H]1[C@H](O)O[C@H](CO)C[C@@H]1O[C@@H]1O[C@H](CO)[C@H](O)[C@H](O)[C@H]1O. The summed E-state index contributed by atoms with van der Waals surface area (Å²) in [6, 6.07) is -1.01. The van der Waals surface area contributed by atoms with Crippen molar-refractivity contribution in [2.45, 2.75) is 68.6 Å². The third kappa shape index (κ3) is 4.64. The van der Waals surface area contributed by atoms with Gasteiger partial charge in [0.15, 0.2) is 12.6 Å². The van der Waals surface area contributed by atoms with Crippen molar-refractivity contribution in [3.63, 3.8) is 0 Å². The molecule has 2 saturated heterocycles. The molecule has 0 unspecified atom stereocenters. The minimum Gasteiger partial charge on any atom is -0.394 e. The van der Waals surface area contributed by atoms with Crippen LogP contribution < -0.4 is 5.32 Å². The van der Waals surface area contributed by atoms with Crippen molar-refractivity contribution in [3.8, 4) is 0 Å². The Morgan fingerprint density at radius 1 is 1.08 bits per heavy atom.